The van der Waals surface area contributed by atoms with Crippen LogP contribution >= 0.6 is 0 Å². The summed E-state index contributed by atoms with van der Waals surface area (Å²) in [5.41, 5.74) is 0.579. The van der Waals surface area contributed by atoms with Crippen molar-refractivity contribution in [2.24, 2.45) is 0 Å². The van der Waals surface area contributed by atoms with Crippen LogP contribution in [0.25, 0.3) is 0 Å². The molecule has 0 aliphatic heterocycles. The quantitative estimate of drug-likeness (QED) is 0.429. The van der Waals surface area contributed by atoms with Crippen LogP contribution < -0.4 is 5.32 Å². The first-order valence-corrected chi connectivity index (χ1v) is 4.45. The van der Waals surface area contributed by atoms with E-state index in [0.717, 1.165) is 0 Å². The van der Waals surface area contributed by atoms with E-state index in [0.29, 0.717) is 5.70 Å². The van der Waals surface area contributed by atoms with Crippen molar-refractivity contribution < 1.29 is 4.92 Å². The van der Waals surface area contributed by atoms with Crippen LogP contribution in [0.5, 0.6) is 0 Å². The topological polar surface area (TPSA) is 55.2 Å². The first kappa shape index (κ1) is 14.9. The van der Waals surface area contributed by atoms with Crippen LogP contribution in [-0.2, 0) is 0 Å². The number of rotatable bonds is 4. The van der Waals surface area contributed by atoms with Crippen molar-refractivity contribution in [3.05, 3.63) is 46.3 Å². The minimum Gasteiger partial charge on any atom is -0.386 e. The van der Waals surface area contributed by atoms with E-state index in [9.17, 15) is 10.1 Å². The summed E-state index contributed by atoms with van der Waals surface area (Å²) in [5.74, 6) is 0. The summed E-state index contributed by atoms with van der Waals surface area (Å²) in [5, 5.41) is 13.1. The molecule has 1 N–H and O–H groups in total. The second kappa shape index (κ2) is 9.51. The molecule has 0 amide bonds. The number of allylic oxidation sites excluding steroid dienone is 4. The molecular weight excluding hydrogens is 180 g/mol. The van der Waals surface area contributed by atoms with Gasteiger partial charge < -0.3 is 5.32 Å². The minimum atomic E-state index is -0.439. The molecule has 0 rings (SSSR count). The van der Waals surface area contributed by atoms with E-state index in [1.54, 1.807) is 14.0 Å². The second-order valence-corrected chi connectivity index (χ2v) is 2.11. The highest BCUT2D eigenvalue weighted by Crippen LogP contribution is 2.03. The molecule has 0 saturated heterocycles. The van der Waals surface area contributed by atoms with Gasteiger partial charge in [-0.05, 0) is 6.92 Å². The van der Waals surface area contributed by atoms with Gasteiger partial charge >= 0.3 is 0 Å². The van der Waals surface area contributed by atoms with Crippen LogP contribution in [0.15, 0.2) is 36.2 Å². The van der Waals surface area contributed by atoms with Gasteiger partial charge in [0.05, 0.1) is 10.6 Å². The van der Waals surface area contributed by atoms with E-state index in [-0.39, 0.29) is 5.70 Å². The van der Waals surface area contributed by atoms with Crippen molar-refractivity contribution >= 4 is 0 Å². The third-order valence-corrected chi connectivity index (χ3v) is 1.35. The SMILES string of the molecule is C=C/C=C\C(=C(\C)NC)[N+](=O)[O-].CC. The Morgan fingerprint density at radius 1 is 1.50 bits per heavy atom. The molecule has 14 heavy (non-hydrogen) atoms. The number of hydrogen-bond donors (Lipinski definition) is 1. The fourth-order valence-corrected chi connectivity index (χ4v) is 0.610. The zero-order valence-corrected chi connectivity index (χ0v) is 9.20. The summed E-state index contributed by atoms with van der Waals surface area (Å²) in [6.07, 6.45) is 4.42. The van der Waals surface area contributed by atoms with Gasteiger partial charge in [0.15, 0.2) is 0 Å². The lowest BCUT2D eigenvalue weighted by molar-refractivity contribution is -0.420. The first-order valence-electron chi connectivity index (χ1n) is 4.45. The lowest BCUT2D eigenvalue weighted by Crippen LogP contribution is -2.09. The van der Waals surface area contributed by atoms with E-state index in [2.05, 4.69) is 11.9 Å². The van der Waals surface area contributed by atoms with E-state index >= 15 is 0 Å². The van der Waals surface area contributed by atoms with Crippen molar-refractivity contribution in [2.75, 3.05) is 7.05 Å². The molecule has 0 atom stereocenters. The highest BCUT2D eigenvalue weighted by atomic mass is 16.6. The van der Waals surface area contributed by atoms with Gasteiger partial charge in [-0.25, -0.2) is 0 Å². The molecular formula is C10H18N2O2. The van der Waals surface area contributed by atoms with Gasteiger partial charge in [-0.3, -0.25) is 10.1 Å². The largest absolute Gasteiger partial charge is 0.386 e. The fourth-order valence-electron chi connectivity index (χ4n) is 0.610. The molecule has 0 aliphatic rings. The summed E-state index contributed by atoms with van der Waals surface area (Å²) < 4.78 is 0. The zero-order chi connectivity index (χ0) is 11.6. The summed E-state index contributed by atoms with van der Waals surface area (Å²) in [6.45, 7) is 9.07. The molecule has 0 aromatic rings. The van der Waals surface area contributed by atoms with E-state index < -0.39 is 4.92 Å². The maximum absolute atomic E-state index is 10.4. The van der Waals surface area contributed by atoms with E-state index in [1.807, 2.05) is 13.8 Å². The van der Waals surface area contributed by atoms with Crippen molar-refractivity contribution in [2.45, 2.75) is 20.8 Å². The number of nitrogens with one attached hydrogen (secondary N) is 1. The summed E-state index contributed by atoms with van der Waals surface area (Å²) in [7, 11) is 1.64. The Bertz CT molecular complexity index is 243. The van der Waals surface area contributed by atoms with Crippen molar-refractivity contribution in [1.29, 1.82) is 0 Å². The van der Waals surface area contributed by atoms with Gasteiger partial charge in [-0.15, -0.1) is 0 Å². The second-order valence-electron chi connectivity index (χ2n) is 2.11. The normalized spacial score (nSPS) is 11.1. The summed E-state index contributed by atoms with van der Waals surface area (Å²) in [6, 6.07) is 0. The van der Waals surface area contributed by atoms with Crippen LogP contribution in [0, 0.1) is 10.1 Å². The minimum absolute atomic E-state index is 0.0531. The summed E-state index contributed by atoms with van der Waals surface area (Å²) in [4.78, 5) is 9.99. The molecule has 0 radical (unpaired) electrons. The monoisotopic (exact) mass is 198 g/mol. The van der Waals surface area contributed by atoms with Gasteiger partial charge in [0.25, 0.3) is 5.70 Å². The third-order valence-electron chi connectivity index (χ3n) is 1.35. The molecule has 0 unspecified atom stereocenters. The van der Waals surface area contributed by atoms with Crippen LogP contribution in [0.1, 0.15) is 20.8 Å². The fraction of sp³-hybridized carbons (Fsp3) is 0.400. The molecule has 0 saturated carbocycles. The molecule has 0 aromatic carbocycles. The molecule has 0 fully saturated rings. The van der Waals surface area contributed by atoms with Gasteiger partial charge in [0, 0.05) is 13.1 Å². The Morgan fingerprint density at radius 3 is 2.29 bits per heavy atom. The lowest BCUT2D eigenvalue weighted by Gasteiger charge is -1.98. The van der Waals surface area contributed by atoms with Gasteiger partial charge in [-0.1, -0.05) is 32.6 Å². The van der Waals surface area contributed by atoms with Gasteiger partial charge in [0.1, 0.15) is 0 Å². The van der Waals surface area contributed by atoms with Crippen LogP contribution in [0.3, 0.4) is 0 Å². The molecule has 0 bridgehead atoms. The molecule has 0 spiro atoms. The average molecular weight is 198 g/mol. The standard InChI is InChI=1S/C8H12N2O2.C2H6/c1-4-5-6-8(10(11)12)7(2)9-3;1-2/h4-6,9H,1H2,2-3H3;1-2H3/b6-5-,8-7+;. The van der Waals surface area contributed by atoms with Crippen molar-refractivity contribution in [1.82, 2.24) is 5.32 Å². The average Bonchev–Trinajstić information content (AvgIpc) is 2.20. The zero-order valence-electron chi connectivity index (χ0n) is 9.20. The van der Waals surface area contributed by atoms with E-state index in [1.165, 1.54) is 18.2 Å². The predicted octanol–water partition coefficient (Wildman–Crippen LogP) is 2.48. The number of nitrogens with zero attached hydrogens (tertiary/aromatic N) is 1. The predicted molar refractivity (Wildman–Crippen MR) is 59.4 cm³/mol. The third kappa shape index (κ3) is 5.99. The summed E-state index contributed by atoms with van der Waals surface area (Å²) >= 11 is 0. The van der Waals surface area contributed by atoms with Crippen LogP contribution in [-0.4, -0.2) is 12.0 Å². The lowest BCUT2D eigenvalue weighted by atomic mass is 10.3. The number of nitro groups is 1. The Kier molecular flexibility index (Phi) is 10.1. The smallest absolute Gasteiger partial charge is 0.287 e. The maximum Gasteiger partial charge on any atom is 0.287 e. The van der Waals surface area contributed by atoms with Crippen molar-refractivity contribution in [3.8, 4) is 0 Å². The highest BCUT2D eigenvalue weighted by Gasteiger charge is 2.08. The Labute approximate surface area is 85.2 Å². The number of hydrogen-bond acceptors (Lipinski definition) is 3. The molecule has 4 nitrogen and oxygen atoms in total. The Hall–Kier alpha value is -1.58. The van der Waals surface area contributed by atoms with Crippen molar-refractivity contribution in [3.63, 3.8) is 0 Å². The molecule has 4 heteroatoms. The van der Waals surface area contributed by atoms with Gasteiger partial charge in [0.2, 0.25) is 0 Å². The van der Waals surface area contributed by atoms with Crippen LogP contribution in [0.2, 0.25) is 0 Å². The molecule has 0 aliphatic carbocycles. The molecule has 80 valence electrons. The van der Waals surface area contributed by atoms with Gasteiger partial charge in [-0.2, -0.15) is 0 Å². The Morgan fingerprint density at radius 2 is 2.00 bits per heavy atom. The molecule has 0 aromatic heterocycles. The molecule has 0 heterocycles. The van der Waals surface area contributed by atoms with Crippen LogP contribution in [0.4, 0.5) is 0 Å². The Balaban J connectivity index is 0. The first-order chi connectivity index (χ1) is 6.63. The maximum atomic E-state index is 10.4. The van der Waals surface area contributed by atoms with E-state index in [4.69, 9.17) is 0 Å². The highest BCUT2D eigenvalue weighted by molar-refractivity contribution is 5.19.